The molecule has 0 aliphatic rings. The Balaban J connectivity index is 2.19. The van der Waals surface area contributed by atoms with Crippen LogP contribution in [0.25, 0.3) is 0 Å². The fourth-order valence-electron chi connectivity index (χ4n) is 1.39. The zero-order chi connectivity index (χ0) is 13.9. The van der Waals surface area contributed by atoms with Gasteiger partial charge in [-0.15, -0.1) is 0 Å². The molecule has 102 valence electrons. The van der Waals surface area contributed by atoms with E-state index in [2.05, 4.69) is 14.1 Å². The van der Waals surface area contributed by atoms with Gasteiger partial charge in [0, 0.05) is 11.5 Å². The van der Waals surface area contributed by atoms with E-state index in [9.17, 15) is 8.42 Å². The molecule has 0 saturated carbocycles. The Kier molecular flexibility index (Phi) is 4.01. The Morgan fingerprint density at radius 1 is 1.32 bits per heavy atom. The smallest absolute Gasteiger partial charge is 0.263 e. The Hall–Kier alpha value is -1.67. The lowest BCUT2D eigenvalue weighted by molar-refractivity contribution is 0.340. The highest BCUT2D eigenvalue weighted by Crippen LogP contribution is 2.20. The van der Waals surface area contributed by atoms with Crippen molar-refractivity contribution in [2.24, 2.45) is 0 Å². The molecule has 2 aromatic rings. The minimum Gasteiger partial charge on any atom is -0.494 e. The first-order chi connectivity index (χ1) is 9.01. The largest absolute Gasteiger partial charge is 0.494 e. The number of sulfonamides is 1. The molecule has 1 heterocycles. The van der Waals surface area contributed by atoms with Gasteiger partial charge in [0.25, 0.3) is 10.0 Å². The summed E-state index contributed by atoms with van der Waals surface area (Å²) in [5.74, 6) is 1.17. The van der Waals surface area contributed by atoms with Crippen molar-refractivity contribution in [1.29, 1.82) is 0 Å². The van der Waals surface area contributed by atoms with Gasteiger partial charge < -0.3 is 4.74 Å². The van der Waals surface area contributed by atoms with Gasteiger partial charge in [-0.3, -0.25) is 4.72 Å². The number of hydrogen-bond acceptors (Lipinski definition) is 6. The van der Waals surface area contributed by atoms with E-state index in [0.717, 1.165) is 11.5 Å². The standard InChI is InChI=1S/C11H13N3O3S2/c1-3-17-9-4-6-10(7-5-9)19(15,16)14-11-12-8(2)13-18-11/h4-7H,3H2,1-2H3,(H,12,13,14). The molecule has 19 heavy (non-hydrogen) atoms. The van der Waals surface area contributed by atoms with Crippen LogP contribution < -0.4 is 9.46 Å². The summed E-state index contributed by atoms with van der Waals surface area (Å²) >= 11 is 1.01. The molecule has 0 saturated heterocycles. The molecule has 2 rings (SSSR count). The first-order valence-corrected chi connectivity index (χ1v) is 7.83. The Labute approximate surface area is 115 Å². The summed E-state index contributed by atoms with van der Waals surface area (Å²) in [5.41, 5.74) is 0. The summed E-state index contributed by atoms with van der Waals surface area (Å²) in [6, 6.07) is 6.20. The topological polar surface area (TPSA) is 81.2 Å². The average molecular weight is 299 g/mol. The number of aryl methyl sites for hydroxylation is 1. The van der Waals surface area contributed by atoms with Crippen molar-refractivity contribution in [1.82, 2.24) is 9.36 Å². The van der Waals surface area contributed by atoms with Gasteiger partial charge >= 0.3 is 0 Å². The van der Waals surface area contributed by atoms with Crippen molar-refractivity contribution in [3.05, 3.63) is 30.1 Å². The normalized spacial score (nSPS) is 11.3. The average Bonchev–Trinajstić information content (AvgIpc) is 2.75. The molecule has 0 radical (unpaired) electrons. The Bertz CT molecular complexity index is 650. The summed E-state index contributed by atoms with van der Waals surface area (Å²) in [6.45, 7) is 4.10. The number of benzene rings is 1. The van der Waals surface area contributed by atoms with Gasteiger partial charge in [0.1, 0.15) is 11.6 Å². The predicted molar refractivity (Wildman–Crippen MR) is 73.1 cm³/mol. The first-order valence-electron chi connectivity index (χ1n) is 5.57. The highest BCUT2D eigenvalue weighted by molar-refractivity contribution is 7.93. The third-order valence-corrected chi connectivity index (χ3v) is 4.40. The number of ether oxygens (including phenoxy) is 1. The minimum absolute atomic E-state index is 0.156. The van der Waals surface area contributed by atoms with Gasteiger partial charge in [-0.2, -0.15) is 4.37 Å². The molecule has 0 unspecified atom stereocenters. The van der Waals surface area contributed by atoms with Gasteiger partial charge in [-0.25, -0.2) is 13.4 Å². The third-order valence-electron chi connectivity index (χ3n) is 2.19. The SMILES string of the molecule is CCOc1ccc(S(=O)(=O)Nc2nc(C)ns2)cc1. The summed E-state index contributed by atoms with van der Waals surface area (Å²) in [5, 5.41) is 0.256. The second-order valence-corrected chi connectivity index (χ2v) is 6.09. The molecule has 1 N–H and O–H groups in total. The maximum atomic E-state index is 12.1. The molecular formula is C11H13N3O3S2. The minimum atomic E-state index is -3.63. The van der Waals surface area contributed by atoms with Crippen LogP contribution in [0.4, 0.5) is 5.13 Å². The highest BCUT2D eigenvalue weighted by atomic mass is 32.2. The van der Waals surface area contributed by atoms with Crippen LogP contribution in [0.15, 0.2) is 29.2 Å². The van der Waals surface area contributed by atoms with E-state index in [4.69, 9.17) is 4.74 Å². The third kappa shape index (κ3) is 3.42. The molecule has 0 amide bonds. The molecule has 8 heteroatoms. The van der Waals surface area contributed by atoms with E-state index in [0.29, 0.717) is 18.2 Å². The van der Waals surface area contributed by atoms with Crippen molar-refractivity contribution in [2.45, 2.75) is 18.7 Å². The van der Waals surface area contributed by atoms with Crippen molar-refractivity contribution >= 4 is 26.7 Å². The van der Waals surface area contributed by atoms with E-state index in [1.165, 1.54) is 12.1 Å². The quantitative estimate of drug-likeness (QED) is 0.913. The lowest BCUT2D eigenvalue weighted by Gasteiger charge is -2.06. The number of hydrogen-bond donors (Lipinski definition) is 1. The van der Waals surface area contributed by atoms with Gasteiger partial charge in [0.15, 0.2) is 0 Å². The van der Waals surface area contributed by atoms with E-state index >= 15 is 0 Å². The number of rotatable bonds is 5. The van der Waals surface area contributed by atoms with Crippen LogP contribution in [-0.4, -0.2) is 24.4 Å². The van der Waals surface area contributed by atoms with Gasteiger partial charge in [0.2, 0.25) is 5.13 Å². The highest BCUT2D eigenvalue weighted by Gasteiger charge is 2.16. The lowest BCUT2D eigenvalue weighted by Crippen LogP contribution is -2.12. The van der Waals surface area contributed by atoms with E-state index in [1.54, 1.807) is 19.1 Å². The monoisotopic (exact) mass is 299 g/mol. The number of nitrogens with one attached hydrogen (secondary N) is 1. The second kappa shape index (κ2) is 5.54. The summed E-state index contributed by atoms with van der Waals surface area (Å²) < 4.78 is 35.7. The zero-order valence-corrected chi connectivity index (χ0v) is 12.1. The number of aromatic nitrogens is 2. The van der Waals surface area contributed by atoms with Gasteiger partial charge in [-0.05, 0) is 38.1 Å². The van der Waals surface area contributed by atoms with Crippen molar-refractivity contribution in [3.63, 3.8) is 0 Å². The molecule has 0 spiro atoms. The Morgan fingerprint density at radius 3 is 2.53 bits per heavy atom. The molecular weight excluding hydrogens is 286 g/mol. The van der Waals surface area contributed by atoms with Crippen LogP contribution >= 0.6 is 11.5 Å². The molecule has 0 fully saturated rings. The number of anilines is 1. The molecule has 1 aromatic carbocycles. The van der Waals surface area contributed by atoms with Crippen molar-refractivity contribution < 1.29 is 13.2 Å². The van der Waals surface area contributed by atoms with Crippen LogP contribution in [0.2, 0.25) is 0 Å². The van der Waals surface area contributed by atoms with Gasteiger partial charge in [-0.1, -0.05) is 0 Å². The van der Waals surface area contributed by atoms with E-state index in [1.807, 2.05) is 6.92 Å². The maximum absolute atomic E-state index is 12.1. The summed E-state index contributed by atoms with van der Waals surface area (Å²) in [7, 11) is -3.63. The van der Waals surface area contributed by atoms with E-state index in [-0.39, 0.29) is 10.0 Å². The number of nitrogens with zero attached hydrogens (tertiary/aromatic N) is 2. The zero-order valence-electron chi connectivity index (χ0n) is 10.5. The molecule has 0 aliphatic carbocycles. The van der Waals surface area contributed by atoms with Crippen molar-refractivity contribution in [3.8, 4) is 5.75 Å². The molecule has 0 aliphatic heterocycles. The molecule has 6 nitrogen and oxygen atoms in total. The second-order valence-electron chi connectivity index (χ2n) is 3.66. The molecule has 0 bridgehead atoms. The van der Waals surface area contributed by atoms with Gasteiger partial charge in [0.05, 0.1) is 11.5 Å². The van der Waals surface area contributed by atoms with Crippen LogP contribution in [0.1, 0.15) is 12.7 Å². The van der Waals surface area contributed by atoms with Crippen LogP contribution in [0.3, 0.4) is 0 Å². The Morgan fingerprint density at radius 2 is 2.00 bits per heavy atom. The van der Waals surface area contributed by atoms with Crippen LogP contribution in [-0.2, 0) is 10.0 Å². The molecule has 1 aromatic heterocycles. The van der Waals surface area contributed by atoms with Crippen LogP contribution in [0.5, 0.6) is 5.75 Å². The lowest BCUT2D eigenvalue weighted by atomic mass is 10.3. The first kappa shape index (κ1) is 13.8. The van der Waals surface area contributed by atoms with Crippen LogP contribution in [0, 0.1) is 6.92 Å². The maximum Gasteiger partial charge on any atom is 0.263 e. The fraction of sp³-hybridized carbons (Fsp3) is 0.273. The van der Waals surface area contributed by atoms with E-state index < -0.39 is 10.0 Å². The molecule has 0 atom stereocenters. The summed E-state index contributed by atoms with van der Waals surface area (Å²) in [6.07, 6.45) is 0. The fourth-order valence-corrected chi connectivity index (χ4v) is 3.19. The summed E-state index contributed by atoms with van der Waals surface area (Å²) in [4.78, 5) is 4.12. The predicted octanol–water partition coefficient (Wildman–Crippen LogP) is 2.05. The van der Waals surface area contributed by atoms with Crippen molar-refractivity contribution in [2.75, 3.05) is 11.3 Å².